The van der Waals surface area contributed by atoms with Gasteiger partial charge in [-0.1, -0.05) is 43.2 Å². The number of aromatic amines is 1. The Morgan fingerprint density at radius 2 is 1.75 bits per heavy atom. The highest BCUT2D eigenvalue weighted by molar-refractivity contribution is 7.90. The van der Waals surface area contributed by atoms with Crippen LogP contribution >= 0.6 is 11.6 Å². The van der Waals surface area contributed by atoms with Crippen LogP contribution in [0.4, 0.5) is 28.4 Å². The van der Waals surface area contributed by atoms with Crippen molar-refractivity contribution in [2.45, 2.75) is 69.7 Å². The Kier molecular flexibility index (Phi) is 11.7. The molecule has 2 atom stereocenters. The summed E-state index contributed by atoms with van der Waals surface area (Å²) in [5.41, 5.74) is 13.2. The van der Waals surface area contributed by atoms with E-state index in [1.54, 1.807) is 12.3 Å². The third kappa shape index (κ3) is 9.20. The highest BCUT2D eigenvalue weighted by Crippen LogP contribution is 2.53. The van der Waals surface area contributed by atoms with Crippen molar-refractivity contribution in [2.24, 2.45) is 28.9 Å². The molecule has 4 heterocycles. The fourth-order valence-electron chi connectivity index (χ4n) is 11.3. The molecule has 2 unspecified atom stereocenters. The summed E-state index contributed by atoms with van der Waals surface area (Å²) < 4.78 is 36.3. The monoisotopic (exact) mass is 947 g/mol. The van der Waals surface area contributed by atoms with Crippen molar-refractivity contribution >= 4 is 72.6 Å². The lowest BCUT2D eigenvalue weighted by Crippen LogP contribution is -2.56. The van der Waals surface area contributed by atoms with E-state index in [-0.39, 0.29) is 34.5 Å². The normalized spacial score (nSPS) is 23.9. The van der Waals surface area contributed by atoms with Gasteiger partial charge in [-0.15, -0.1) is 0 Å². The van der Waals surface area contributed by atoms with E-state index in [1.165, 1.54) is 28.8 Å². The number of nitrogens with one attached hydrogen (secondary N) is 3. The minimum Gasteiger partial charge on any atom is -0.474 e. The number of amides is 1. The lowest BCUT2D eigenvalue weighted by atomic mass is 9.52. The molecule has 15 nitrogen and oxygen atoms in total. The Hall–Kier alpha value is -5.68. The summed E-state index contributed by atoms with van der Waals surface area (Å²) in [5.74, 6) is 0.767. The Morgan fingerprint density at radius 1 is 0.985 bits per heavy atom. The first-order valence-electron chi connectivity index (χ1n) is 23.3. The topological polar surface area (TPSA) is 192 Å². The van der Waals surface area contributed by atoms with Gasteiger partial charge < -0.3 is 30.6 Å². The summed E-state index contributed by atoms with van der Waals surface area (Å²) >= 11 is 6.27. The second kappa shape index (κ2) is 17.4. The summed E-state index contributed by atoms with van der Waals surface area (Å²) in [7, 11) is -4.57. The van der Waals surface area contributed by atoms with Gasteiger partial charge in [0, 0.05) is 73.2 Å². The quantitative estimate of drug-likeness (QED) is 0.0688. The number of nitro groups is 1. The summed E-state index contributed by atoms with van der Waals surface area (Å²) in [6, 6.07) is 21.2. The van der Waals surface area contributed by atoms with E-state index in [9.17, 15) is 23.3 Å². The molecule has 1 amide bonds. The van der Waals surface area contributed by atoms with Crippen molar-refractivity contribution in [3.05, 3.63) is 111 Å². The lowest BCUT2D eigenvalue weighted by Gasteiger charge is -2.55. The maximum Gasteiger partial charge on any atom is 0.293 e. The second-order valence-corrected chi connectivity index (χ2v) is 22.5. The number of allylic oxidation sites excluding steroid dienone is 1. The first-order valence-corrected chi connectivity index (χ1v) is 25.2. The lowest BCUT2D eigenvalue weighted by molar-refractivity contribution is -0.384. The van der Waals surface area contributed by atoms with Crippen LogP contribution in [0.3, 0.4) is 0 Å². The zero-order valence-corrected chi connectivity index (χ0v) is 39.8. The van der Waals surface area contributed by atoms with Crippen molar-refractivity contribution in [2.75, 3.05) is 67.5 Å². The molecule has 3 aliphatic carbocycles. The summed E-state index contributed by atoms with van der Waals surface area (Å²) in [6.45, 7) is 12.0. The van der Waals surface area contributed by atoms with Crippen molar-refractivity contribution < 1.29 is 22.9 Å². The molecule has 2 aliphatic heterocycles. The van der Waals surface area contributed by atoms with Crippen LogP contribution < -0.4 is 30.3 Å². The highest BCUT2D eigenvalue weighted by Gasteiger charge is 2.50. The largest absolute Gasteiger partial charge is 0.474 e. The average molecular weight is 949 g/mol. The first-order chi connectivity index (χ1) is 32.0. The number of hydrogen-bond donors (Lipinski definition) is 4. The fourth-order valence-corrected chi connectivity index (χ4v) is 12.5. The third-order valence-corrected chi connectivity index (χ3v) is 16.5. The molecule has 1 saturated heterocycles. The highest BCUT2D eigenvalue weighted by atomic mass is 35.5. The molecule has 10 rings (SSSR count). The molecule has 2 saturated carbocycles. The molecule has 3 fully saturated rings. The number of pyridine rings is 1. The van der Waals surface area contributed by atoms with E-state index in [0.717, 1.165) is 93.4 Å². The number of sulfonamides is 1. The van der Waals surface area contributed by atoms with Gasteiger partial charge in [0.2, 0.25) is 5.88 Å². The molecule has 5 N–H and O–H groups in total. The standard InChI is InChI=1S/C50H58ClN9O6S/c1-49(2)14-12-33(40(28-49)31-4-6-36(51)7-5-31)30-57-16-18-58(19-17-57)37-8-10-39(43(24-37)59-20-21-66-48-45(59)23-32-13-15-53-46(32)55-48)47(61)56-67(64,65)38-9-11-42(44(25-38)60(62)63)54-29-41-34-22-35(41)27-50(3,52)26-34/h4-11,13,15,23-25,34-35,41,54H,12,14,16-22,26-30,52H2,1-3H3,(H,53,55)(H,56,61). The molecular weight excluding hydrogens is 890 g/mol. The molecule has 352 valence electrons. The second-order valence-electron chi connectivity index (χ2n) is 20.4. The van der Waals surface area contributed by atoms with E-state index in [2.05, 4.69) is 57.7 Å². The van der Waals surface area contributed by atoms with Gasteiger partial charge in [-0.05, 0) is 134 Å². The van der Waals surface area contributed by atoms with Crippen LogP contribution in [0.5, 0.6) is 5.88 Å². The van der Waals surface area contributed by atoms with Crippen molar-refractivity contribution in [3.63, 3.8) is 0 Å². The molecule has 17 heteroatoms. The van der Waals surface area contributed by atoms with Gasteiger partial charge in [-0.2, -0.15) is 4.98 Å². The van der Waals surface area contributed by atoms with Crippen LogP contribution in [0, 0.1) is 33.3 Å². The minimum atomic E-state index is -4.57. The molecule has 2 aromatic heterocycles. The predicted octanol–water partition coefficient (Wildman–Crippen LogP) is 8.74. The zero-order valence-electron chi connectivity index (χ0n) is 38.2. The van der Waals surface area contributed by atoms with Gasteiger partial charge in [0.05, 0.1) is 27.6 Å². The number of nitrogens with two attached hydrogens (primary N) is 1. The number of anilines is 4. The Labute approximate surface area is 396 Å². The molecule has 0 radical (unpaired) electrons. The van der Waals surface area contributed by atoms with Gasteiger partial charge in [0.15, 0.2) is 0 Å². The predicted molar refractivity (Wildman–Crippen MR) is 263 cm³/mol. The average Bonchev–Trinajstić information content (AvgIpc) is 3.76. The van der Waals surface area contributed by atoms with Gasteiger partial charge in [-0.25, -0.2) is 13.1 Å². The fraction of sp³-hybridized carbons (Fsp3) is 0.440. The minimum absolute atomic E-state index is 0.113. The van der Waals surface area contributed by atoms with E-state index < -0.39 is 25.7 Å². The number of halogens is 1. The number of nitro benzene ring substituents is 1. The molecular formula is C50H58ClN9O6S. The van der Waals surface area contributed by atoms with Crippen LogP contribution in [0.1, 0.15) is 75.2 Å². The number of hydrogen-bond acceptors (Lipinski definition) is 12. The number of nitrogens with zero attached hydrogens (tertiary/aromatic N) is 5. The maximum absolute atomic E-state index is 14.4. The number of rotatable bonds is 12. The molecule has 3 aromatic carbocycles. The van der Waals surface area contributed by atoms with Gasteiger partial charge in [-0.3, -0.25) is 19.8 Å². The van der Waals surface area contributed by atoms with Crippen LogP contribution in [0.25, 0.3) is 16.6 Å². The summed E-state index contributed by atoms with van der Waals surface area (Å²) in [6.07, 6.45) is 7.93. The van der Waals surface area contributed by atoms with Crippen molar-refractivity contribution in [1.82, 2.24) is 19.6 Å². The van der Waals surface area contributed by atoms with E-state index in [0.29, 0.717) is 53.7 Å². The van der Waals surface area contributed by atoms with Crippen molar-refractivity contribution in [1.29, 1.82) is 0 Å². The van der Waals surface area contributed by atoms with Crippen LogP contribution in [-0.4, -0.2) is 92.1 Å². The Balaban J connectivity index is 0.897. The number of carbonyl (C=O) groups is 1. The number of fused-ring (bicyclic) bond motifs is 4. The summed E-state index contributed by atoms with van der Waals surface area (Å²) in [4.78, 5) is 40.3. The number of carbonyl (C=O) groups excluding carboxylic acids is 1. The van der Waals surface area contributed by atoms with E-state index >= 15 is 0 Å². The van der Waals surface area contributed by atoms with Crippen LogP contribution in [0.15, 0.2) is 89.5 Å². The number of aromatic nitrogens is 2. The molecule has 67 heavy (non-hydrogen) atoms. The van der Waals surface area contributed by atoms with Gasteiger partial charge in [0.25, 0.3) is 21.6 Å². The number of benzene rings is 3. The molecule has 5 aliphatic rings. The number of ether oxygens (including phenoxy) is 1. The van der Waals surface area contributed by atoms with Crippen molar-refractivity contribution in [3.8, 4) is 5.88 Å². The van der Waals surface area contributed by atoms with E-state index in [1.807, 2.05) is 41.3 Å². The number of H-pyrrole nitrogens is 1. The van der Waals surface area contributed by atoms with Crippen LogP contribution in [0.2, 0.25) is 5.02 Å². The summed E-state index contributed by atoms with van der Waals surface area (Å²) in [5, 5.41) is 17.1. The van der Waals surface area contributed by atoms with Crippen LogP contribution in [-0.2, 0) is 10.0 Å². The SMILES string of the molecule is CC1(C)CCC(CN2CCN(c3ccc(C(=O)NS(=O)(=O)c4ccc(NCC5C6CC5CC(C)(N)C6)c([N+](=O)[O-])c4)c(N4CCOc5nc6[nH]ccc6cc54)c3)CC2)=C(c2ccc(Cl)cc2)C1. The zero-order chi connectivity index (χ0) is 46.8. The third-order valence-electron chi connectivity index (χ3n) is 14.9. The molecule has 5 aromatic rings. The Morgan fingerprint density at radius 3 is 2.49 bits per heavy atom. The first kappa shape index (κ1) is 45.1. The number of piperazine rings is 1. The van der Waals surface area contributed by atoms with Gasteiger partial charge in [0.1, 0.15) is 23.6 Å². The molecule has 0 spiro atoms. The smallest absolute Gasteiger partial charge is 0.293 e. The Bertz CT molecular complexity index is 2880. The van der Waals surface area contributed by atoms with E-state index in [4.69, 9.17) is 27.1 Å². The maximum atomic E-state index is 14.4. The molecule has 2 bridgehead atoms. The van der Waals surface area contributed by atoms with Gasteiger partial charge >= 0.3 is 0 Å².